The van der Waals surface area contributed by atoms with Crippen LogP contribution in [0.2, 0.25) is 0 Å². The lowest BCUT2D eigenvalue weighted by atomic mass is 10.2. The molecule has 96 valence electrons. The molecule has 1 unspecified atom stereocenters. The zero-order chi connectivity index (χ0) is 12.8. The van der Waals surface area contributed by atoms with Crippen molar-refractivity contribution < 1.29 is 9.90 Å². The maximum absolute atomic E-state index is 10.7. The van der Waals surface area contributed by atoms with E-state index in [9.17, 15) is 4.79 Å². The van der Waals surface area contributed by atoms with Crippen molar-refractivity contribution in [3.05, 3.63) is 18.0 Å². The number of aromatic nitrogens is 2. The Kier molecular flexibility index (Phi) is 5.55. The second kappa shape index (κ2) is 6.69. The third kappa shape index (κ3) is 4.07. The Morgan fingerprint density at radius 2 is 2.18 bits per heavy atom. The van der Waals surface area contributed by atoms with Gasteiger partial charge in [0, 0.05) is 11.9 Å². The number of rotatable bonds is 7. The maximum atomic E-state index is 10.7. The predicted octanol–water partition coefficient (Wildman–Crippen LogP) is 2.95. The minimum atomic E-state index is -0.769. The average molecular weight is 256 g/mol. The van der Waals surface area contributed by atoms with Crippen LogP contribution in [0.4, 0.5) is 0 Å². The molecule has 1 aromatic heterocycles. The van der Waals surface area contributed by atoms with Gasteiger partial charge in [0.1, 0.15) is 0 Å². The van der Waals surface area contributed by atoms with Gasteiger partial charge in [-0.1, -0.05) is 13.8 Å². The van der Waals surface area contributed by atoms with Crippen LogP contribution in [-0.2, 0) is 10.5 Å². The molecule has 0 amide bonds. The number of carboxylic acids is 1. The molecule has 0 saturated heterocycles. The van der Waals surface area contributed by atoms with Crippen LogP contribution in [0.3, 0.4) is 0 Å². The molecule has 0 aliphatic rings. The molecule has 5 heteroatoms. The molecule has 1 heterocycles. The molecule has 4 nitrogen and oxygen atoms in total. The standard InChI is InChI=1S/C12H20N2O2S/c1-4-11(5-2)14-7-6-10(13-14)8-17-9(3)12(15)16/h6-7,9,11H,4-5,8H2,1-3H3,(H,15,16). The summed E-state index contributed by atoms with van der Waals surface area (Å²) in [5, 5.41) is 12.9. The zero-order valence-corrected chi connectivity index (χ0v) is 11.4. The zero-order valence-electron chi connectivity index (χ0n) is 10.6. The normalized spacial score (nSPS) is 12.9. The van der Waals surface area contributed by atoms with E-state index in [2.05, 4.69) is 18.9 Å². The van der Waals surface area contributed by atoms with E-state index in [-0.39, 0.29) is 5.25 Å². The third-order valence-corrected chi connectivity index (χ3v) is 3.97. The van der Waals surface area contributed by atoms with Crippen LogP contribution in [0, 0.1) is 0 Å². The van der Waals surface area contributed by atoms with Gasteiger partial charge in [0.2, 0.25) is 0 Å². The second-order valence-corrected chi connectivity index (χ2v) is 5.38. The minimum Gasteiger partial charge on any atom is -0.480 e. The molecule has 0 aliphatic carbocycles. The Bertz CT molecular complexity index is 361. The highest BCUT2D eigenvalue weighted by Gasteiger charge is 2.13. The highest BCUT2D eigenvalue weighted by Crippen LogP contribution is 2.19. The molecular formula is C12H20N2O2S. The number of aliphatic carboxylic acids is 1. The van der Waals surface area contributed by atoms with E-state index in [1.165, 1.54) is 11.8 Å². The summed E-state index contributed by atoms with van der Waals surface area (Å²) in [7, 11) is 0. The molecule has 0 saturated carbocycles. The fourth-order valence-electron chi connectivity index (χ4n) is 1.60. The first-order valence-electron chi connectivity index (χ1n) is 5.96. The Hall–Kier alpha value is -0.970. The lowest BCUT2D eigenvalue weighted by Crippen LogP contribution is -2.12. The number of hydrogen-bond donors (Lipinski definition) is 1. The molecule has 1 rings (SSSR count). The maximum Gasteiger partial charge on any atom is 0.316 e. The van der Waals surface area contributed by atoms with Gasteiger partial charge in [0.25, 0.3) is 0 Å². The first kappa shape index (κ1) is 14.1. The van der Waals surface area contributed by atoms with Crippen LogP contribution in [-0.4, -0.2) is 26.1 Å². The summed E-state index contributed by atoms with van der Waals surface area (Å²) in [5.41, 5.74) is 0.954. The van der Waals surface area contributed by atoms with Crippen molar-refractivity contribution in [2.24, 2.45) is 0 Å². The molecule has 1 N–H and O–H groups in total. The van der Waals surface area contributed by atoms with Gasteiger partial charge in [0.05, 0.1) is 17.0 Å². The first-order valence-corrected chi connectivity index (χ1v) is 7.01. The van der Waals surface area contributed by atoms with Crippen molar-refractivity contribution in [3.63, 3.8) is 0 Å². The van der Waals surface area contributed by atoms with E-state index in [1.54, 1.807) is 6.92 Å². The fraction of sp³-hybridized carbons (Fsp3) is 0.667. The van der Waals surface area contributed by atoms with E-state index < -0.39 is 5.97 Å². The number of thioether (sulfide) groups is 1. The smallest absolute Gasteiger partial charge is 0.316 e. The van der Waals surface area contributed by atoms with Gasteiger partial charge in [-0.3, -0.25) is 9.48 Å². The Balaban J connectivity index is 2.54. The Morgan fingerprint density at radius 1 is 1.53 bits per heavy atom. The number of hydrogen-bond acceptors (Lipinski definition) is 3. The van der Waals surface area contributed by atoms with Crippen LogP contribution in [0.25, 0.3) is 0 Å². The first-order chi connectivity index (χ1) is 8.08. The van der Waals surface area contributed by atoms with E-state index >= 15 is 0 Å². The van der Waals surface area contributed by atoms with Crippen molar-refractivity contribution in [1.82, 2.24) is 9.78 Å². The van der Waals surface area contributed by atoms with Crippen molar-refractivity contribution in [3.8, 4) is 0 Å². The van der Waals surface area contributed by atoms with Gasteiger partial charge in [-0.05, 0) is 25.8 Å². The molecule has 1 atom stereocenters. The lowest BCUT2D eigenvalue weighted by Gasteiger charge is -2.12. The van der Waals surface area contributed by atoms with Crippen LogP contribution in [0.1, 0.15) is 45.3 Å². The summed E-state index contributed by atoms with van der Waals surface area (Å²) in [4.78, 5) is 10.7. The largest absolute Gasteiger partial charge is 0.480 e. The van der Waals surface area contributed by atoms with Crippen molar-refractivity contribution >= 4 is 17.7 Å². The third-order valence-electron chi connectivity index (χ3n) is 2.81. The van der Waals surface area contributed by atoms with Gasteiger partial charge >= 0.3 is 5.97 Å². The van der Waals surface area contributed by atoms with E-state index in [4.69, 9.17) is 5.11 Å². The molecule has 17 heavy (non-hydrogen) atoms. The molecule has 0 fully saturated rings. The summed E-state index contributed by atoms with van der Waals surface area (Å²) in [5.74, 6) is -0.116. The molecule has 1 aromatic rings. The SMILES string of the molecule is CCC(CC)n1ccc(CSC(C)C(=O)O)n1. The van der Waals surface area contributed by atoms with Crippen LogP contribution in [0.15, 0.2) is 12.3 Å². The summed E-state index contributed by atoms with van der Waals surface area (Å²) >= 11 is 1.40. The lowest BCUT2D eigenvalue weighted by molar-refractivity contribution is -0.136. The van der Waals surface area contributed by atoms with Gasteiger partial charge < -0.3 is 5.11 Å². The molecule has 0 aliphatic heterocycles. The number of carboxylic acid groups (broad SMARTS) is 1. The molecule has 0 aromatic carbocycles. The summed E-state index contributed by atoms with van der Waals surface area (Å²) in [6.07, 6.45) is 4.12. The van der Waals surface area contributed by atoms with Crippen LogP contribution in [0.5, 0.6) is 0 Å². The second-order valence-electron chi connectivity index (χ2n) is 4.05. The highest BCUT2D eigenvalue weighted by molar-refractivity contribution is 7.99. The summed E-state index contributed by atoms with van der Waals surface area (Å²) in [6.45, 7) is 6.00. The monoisotopic (exact) mass is 256 g/mol. The summed E-state index contributed by atoms with van der Waals surface area (Å²) < 4.78 is 1.99. The molecular weight excluding hydrogens is 236 g/mol. The molecule has 0 bridgehead atoms. The van der Waals surface area contributed by atoms with Crippen LogP contribution >= 0.6 is 11.8 Å². The van der Waals surface area contributed by atoms with Crippen LogP contribution < -0.4 is 0 Å². The van der Waals surface area contributed by atoms with Crippen molar-refractivity contribution in [2.45, 2.75) is 50.7 Å². The van der Waals surface area contributed by atoms with Crippen molar-refractivity contribution in [2.75, 3.05) is 0 Å². The minimum absolute atomic E-state index is 0.381. The molecule has 0 spiro atoms. The average Bonchev–Trinajstić information content (AvgIpc) is 2.76. The summed E-state index contributed by atoms with van der Waals surface area (Å²) in [6, 6.07) is 2.42. The highest BCUT2D eigenvalue weighted by atomic mass is 32.2. The topological polar surface area (TPSA) is 55.1 Å². The Morgan fingerprint density at radius 3 is 2.71 bits per heavy atom. The van der Waals surface area contributed by atoms with E-state index in [0.29, 0.717) is 11.8 Å². The quantitative estimate of drug-likeness (QED) is 0.815. The number of carbonyl (C=O) groups is 1. The molecule has 0 radical (unpaired) electrons. The number of nitrogens with zero attached hydrogens (tertiary/aromatic N) is 2. The Labute approximate surface area is 106 Å². The van der Waals surface area contributed by atoms with Gasteiger partial charge in [0.15, 0.2) is 0 Å². The predicted molar refractivity (Wildman–Crippen MR) is 70.2 cm³/mol. The van der Waals surface area contributed by atoms with Crippen molar-refractivity contribution in [1.29, 1.82) is 0 Å². The van der Waals surface area contributed by atoms with Gasteiger partial charge in [-0.25, -0.2) is 0 Å². The van der Waals surface area contributed by atoms with Gasteiger partial charge in [-0.15, -0.1) is 11.8 Å². The van der Waals surface area contributed by atoms with E-state index in [1.807, 2.05) is 16.9 Å². The van der Waals surface area contributed by atoms with Gasteiger partial charge in [-0.2, -0.15) is 5.10 Å². The van der Waals surface area contributed by atoms with E-state index in [0.717, 1.165) is 18.5 Å². The fourth-order valence-corrected chi connectivity index (χ4v) is 2.32.